The standard InChI is InChI=1S/C6H12N2/c7-5-6-3-1-2-4-8-6/h4,6H,1-3,5,7H2. The molecule has 2 nitrogen and oxygen atoms in total. The fourth-order valence-corrected chi connectivity index (χ4v) is 0.922. The molecule has 0 fully saturated rings. The predicted octanol–water partition coefficient (Wildman–Crippen LogP) is 0.568. The lowest BCUT2D eigenvalue weighted by atomic mass is 10.1. The van der Waals surface area contributed by atoms with Gasteiger partial charge in [-0.1, -0.05) is 0 Å². The van der Waals surface area contributed by atoms with Crippen molar-refractivity contribution in [2.45, 2.75) is 25.3 Å². The van der Waals surface area contributed by atoms with Gasteiger partial charge in [-0.3, -0.25) is 4.99 Å². The molecule has 8 heavy (non-hydrogen) atoms. The van der Waals surface area contributed by atoms with E-state index in [9.17, 15) is 0 Å². The molecular weight excluding hydrogens is 100 g/mol. The third-order valence-corrected chi connectivity index (χ3v) is 1.46. The number of hydrogen-bond acceptors (Lipinski definition) is 2. The molecule has 2 N–H and O–H groups in total. The van der Waals surface area contributed by atoms with Gasteiger partial charge in [-0.15, -0.1) is 0 Å². The molecule has 0 aromatic rings. The molecule has 46 valence electrons. The lowest BCUT2D eigenvalue weighted by molar-refractivity contribution is 0.583. The molecular formula is C6H12N2. The van der Waals surface area contributed by atoms with E-state index in [-0.39, 0.29) is 0 Å². The van der Waals surface area contributed by atoms with Crippen molar-refractivity contribution >= 4 is 6.21 Å². The Bertz CT molecular complexity index is 88.5. The van der Waals surface area contributed by atoms with Crippen LogP contribution < -0.4 is 5.73 Å². The van der Waals surface area contributed by atoms with Gasteiger partial charge in [-0.05, 0) is 25.5 Å². The summed E-state index contributed by atoms with van der Waals surface area (Å²) in [4.78, 5) is 4.20. The highest BCUT2D eigenvalue weighted by atomic mass is 14.8. The van der Waals surface area contributed by atoms with Gasteiger partial charge >= 0.3 is 0 Å². The van der Waals surface area contributed by atoms with Gasteiger partial charge in [0.05, 0.1) is 6.04 Å². The smallest absolute Gasteiger partial charge is 0.0618 e. The van der Waals surface area contributed by atoms with Gasteiger partial charge in [0.1, 0.15) is 0 Å². The molecule has 0 aliphatic carbocycles. The van der Waals surface area contributed by atoms with Gasteiger partial charge in [0, 0.05) is 6.54 Å². The molecule has 0 aromatic carbocycles. The van der Waals surface area contributed by atoms with Crippen LogP contribution in [0.4, 0.5) is 0 Å². The zero-order valence-corrected chi connectivity index (χ0v) is 5.01. The minimum absolute atomic E-state index is 0.434. The van der Waals surface area contributed by atoms with Crippen LogP contribution in [-0.2, 0) is 0 Å². The van der Waals surface area contributed by atoms with Gasteiger partial charge in [0.2, 0.25) is 0 Å². The first-order chi connectivity index (χ1) is 3.93. The summed E-state index contributed by atoms with van der Waals surface area (Å²) in [6.07, 6.45) is 5.59. The van der Waals surface area contributed by atoms with Crippen LogP contribution in [-0.4, -0.2) is 18.8 Å². The van der Waals surface area contributed by atoms with E-state index in [1.807, 2.05) is 6.21 Å². The van der Waals surface area contributed by atoms with E-state index in [0.717, 1.165) is 13.0 Å². The number of hydrogen-bond donors (Lipinski definition) is 1. The minimum Gasteiger partial charge on any atom is -0.328 e. The third kappa shape index (κ3) is 1.30. The molecule has 1 aliphatic rings. The molecule has 0 amide bonds. The van der Waals surface area contributed by atoms with Gasteiger partial charge in [0.15, 0.2) is 0 Å². The average Bonchev–Trinajstić information content (AvgIpc) is 1.90. The number of rotatable bonds is 1. The van der Waals surface area contributed by atoms with Gasteiger partial charge in [0.25, 0.3) is 0 Å². The molecule has 1 aliphatic heterocycles. The van der Waals surface area contributed by atoms with Crippen molar-refractivity contribution in [2.24, 2.45) is 10.7 Å². The second kappa shape index (κ2) is 2.82. The second-order valence-electron chi connectivity index (χ2n) is 2.15. The molecule has 1 rings (SSSR count). The number of nitrogens with zero attached hydrogens (tertiary/aromatic N) is 1. The summed E-state index contributed by atoms with van der Waals surface area (Å²) in [5.74, 6) is 0. The molecule has 0 saturated heterocycles. The molecule has 0 saturated carbocycles. The molecule has 0 radical (unpaired) electrons. The van der Waals surface area contributed by atoms with Gasteiger partial charge in [-0.25, -0.2) is 0 Å². The van der Waals surface area contributed by atoms with Gasteiger partial charge < -0.3 is 5.73 Å². The Balaban J connectivity index is 2.32. The fourth-order valence-electron chi connectivity index (χ4n) is 0.922. The predicted molar refractivity (Wildman–Crippen MR) is 35.2 cm³/mol. The van der Waals surface area contributed by atoms with Crippen LogP contribution in [0, 0.1) is 0 Å². The molecule has 1 heterocycles. The first-order valence-electron chi connectivity index (χ1n) is 3.15. The van der Waals surface area contributed by atoms with E-state index in [1.54, 1.807) is 0 Å². The Hall–Kier alpha value is -0.370. The fraction of sp³-hybridized carbons (Fsp3) is 0.833. The van der Waals surface area contributed by atoms with E-state index in [0.29, 0.717) is 6.04 Å². The van der Waals surface area contributed by atoms with Crippen LogP contribution in [0.15, 0.2) is 4.99 Å². The second-order valence-corrected chi connectivity index (χ2v) is 2.15. The first kappa shape index (κ1) is 5.76. The summed E-state index contributed by atoms with van der Waals surface area (Å²) in [5.41, 5.74) is 5.39. The summed E-state index contributed by atoms with van der Waals surface area (Å²) in [7, 11) is 0. The lowest BCUT2D eigenvalue weighted by Crippen LogP contribution is -2.20. The van der Waals surface area contributed by atoms with Crippen molar-refractivity contribution in [3.05, 3.63) is 0 Å². The zero-order chi connectivity index (χ0) is 5.82. The van der Waals surface area contributed by atoms with Crippen LogP contribution in [0.3, 0.4) is 0 Å². The Labute approximate surface area is 49.8 Å². The quantitative estimate of drug-likeness (QED) is 0.529. The monoisotopic (exact) mass is 112 g/mol. The molecule has 2 heteroatoms. The SMILES string of the molecule is NCC1CCCC=N1. The average molecular weight is 112 g/mol. The van der Waals surface area contributed by atoms with Crippen molar-refractivity contribution in [2.75, 3.05) is 6.54 Å². The van der Waals surface area contributed by atoms with Crippen LogP contribution >= 0.6 is 0 Å². The van der Waals surface area contributed by atoms with E-state index in [1.165, 1.54) is 12.8 Å². The Kier molecular flexibility index (Phi) is 2.03. The summed E-state index contributed by atoms with van der Waals surface area (Å²) >= 11 is 0. The number of aliphatic imine (C=N–C) groups is 1. The van der Waals surface area contributed by atoms with E-state index >= 15 is 0 Å². The van der Waals surface area contributed by atoms with Crippen LogP contribution in [0.5, 0.6) is 0 Å². The Morgan fingerprint density at radius 3 is 3.00 bits per heavy atom. The number of nitrogens with two attached hydrogens (primary N) is 1. The third-order valence-electron chi connectivity index (χ3n) is 1.46. The molecule has 0 aromatic heterocycles. The van der Waals surface area contributed by atoms with Crippen LogP contribution in [0.25, 0.3) is 0 Å². The van der Waals surface area contributed by atoms with E-state index in [2.05, 4.69) is 4.99 Å². The van der Waals surface area contributed by atoms with Crippen molar-refractivity contribution in [3.8, 4) is 0 Å². The van der Waals surface area contributed by atoms with Crippen molar-refractivity contribution in [3.63, 3.8) is 0 Å². The maximum Gasteiger partial charge on any atom is 0.0618 e. The minimum atomic E-state index is 0.434. The summed E-state index contributed by atoms with van der Waals surface area (Å²) in [6.45, 7) is 0.719. The Morgan fingerprint density at radius 2 is 2.62 bits per heavy atom. The lowest BCUT2D eigenvalue weighted by Gasteiger charge is -2.11. The van der Waals surface area contributed by atoms with Crippen LogP contribution in [0.2, 0.25) is 0 Å². The molecule has 1 unspecified atom stereocenters. The first-order valence-corrected chi connectivity index (χ1v) is 3.15. The molecule has 0 bridgehead atoms. The van der Waals surface area contributed by atoms with Gasteiger partial charge in [-0.2, -0.15) is 0 Å². The summed E-state index contributed by atoms with van der Waals surface area (Å²) in [5, 5.41) is 0. The highest BCUT2D eigenvalue weighted by molar-refractivity contribution is 5.58. The summed E-state index contributed by atoms with van der Waals surface area (Å²) < 4.78 is 0. The topological polar surface area (TPSA) is 38.4 Å². The van der Waals surface area contributed by atoms with Crippen LogP contribution in [0.1, 0.15) is 19.3 Å². The highest BCUT2D eigenvalue weighted by Crippen LogP contribution is 2.06. The normalized spacial score (nSPS) is 28.4. The molecule has 1 atom stereocenters. The largest absolute Gasteiger partial charge is 0.328 e. The maximum absolute atomic E-state index is 5.39. The molecule has 0 spiro atoms. The van der Waals surface area contributed by atoms with E-state index < -0.39 is 0 Å². The van der Waals surface area contributed by atoms with Crippen molar-refractivity contribution < 1.29 is 0 Å². The summed E-state index contributed by atoms with van der Waals surface area (Å²) in [6, 6.07) is 0.434. The van der Waals surface area contributed by atoms with Crippen molar-refractivity contribution in [1.82, 2.24) is 0 Å². The zero-order valence-electron chi connectivity index (χ0n) is 5.01. The maximum atomic E-state index is 5.39. The Morgan fingerprint density at radius 1 is 1.75 bits per heavy atom. The highest BCUT2D eigenvalue weighted by Gasteiger charge is 2.04. The van der Waals surface area contributed by atoms with Crippen molar-refractivity contribution in [1.29, 1.82) is 0 Å². The van der Waals surface area contributed by atoms with E-state index in [4.69, 9.17) is 5.73 Å².